The minimum Gasteiger partial charge on any atom is -0.497 e. The van der Waals surface area contributed by atoms with Crippen LogP contribution in [0.1, 0.15) is 32.3 Å². The topological polar surface area (TPSA) is 30.5 Å². The zero-order chi connectivity index (χ0) is 13.4. The predicted molar refractivity (Wildman–Crippen MR) is 75.6 cm³/mol. The molecule has 0 aliphatic carbocycles. The maximum absolute atomic E-state index is 5.27. The summed E-state index contributed by atoms with van der Waals surface area (Å²) in [5.41, 5.74) is 1.26. The first-order valence-electron chi connectivity index (χ1n) is 6.65. The third-order valence-electron chi connectivity index (χ3n) is 3.02. The maximum Gasteiger partial charge on any atom is 0.122 e. The van der Waals surface area contributed by atoms with Crippen LogP contribution in [-0.2, 0) is 6.42 Å². The summed E-state index contributed by atoms with van der Waals surface area (Å²) in [7, 11) is 3.37. The number of benzene rings is 1. The standard InChI is InChI=1S/C15H25NO2/c1-5-8-16-12(2)6-7-13-9-14(17-3)11-15(10-13)18-4/h9-12,16H,5-8H2,1-4H3. The van der Waals surface area contributed by atoms with E-state index in [-0.39, 0.29) is 0 Å². The summed E-state index contributed by atoms with van der Waals surface area (Å²) in [4.78, 5) is 0. The number of nitrogens with one attached hydrogen (secondary N) is 1. The predicted octanol–water partition coefficient (Wildman–Crippen LogP) is 3.02. The van der Waals surface area contributed by atoms with Gasteiger partial charge in [0.15, 0.2) is 0 Å². The average Bonchev–Trinajstić information content (AvgIpc) is 2.42. The quantitative estimate of drug-likeness (QED) is 0.770. The van der Waals surface area contributed by atoms with Gasteiger partial charge in [-0.3, -0.25) is 0 Å². The van der Waals surface area contributed by atoms with Crippen molar-refractivity contribution in [3.05, 3.63) is 23.8 Å². The zero-order valence-electron chi connectivity index (χ0n) is 12.0. The van der Waals surface area contributed by atoms with E-state index in [2.05, 4.69) is 31.3 Å². The fourth-order valence-electron chi connectivity index (χ4n) is 1.89. The minimum atomic E-state index is 0.544. The summed E-state index contributed by atoms with van der Waals surface area (Å²) in [5, 5.41) is 3.50. The van der Waals surface area contributed by atoms with Gasteiger partial charge >= 0.3 is 0 Å². The lowest BCUT2D eigenvalue weighted by Crippen LogP contribution is -2.27. The van der Waals surface area contributed by atoms with Gasteiger partial charge in [-0.25, -0.2) is 0 Å². The first-order valence-corrected chi connectivity index (χ1v) is 6.65. The van der Waals surface area contributed by atoms with Gasteiger partial charge in [0.2, 0.25) is 0 Å². The number of rotatable bonds is 8. The molecule has 0 fully saturated rings. The Morgan fingerprint density at radius 3 is 2.22 bits per heavy atom. The van der Waals surface area contributed by atoms with Crippen LogP contribution in [0.25, 0.3) is 0 Å². The summed E-state index contributed by atoms with van der Waals surface area (Å²) in [6, 6.07) is 6.61. The second-order valence-electron chi connectivity index (χ2n) is 4.61. The number of hydrogen-bond donors (Lipinski definition) is 1. The lowest BCUT2D eigenvalue weighted by Gasteiger charge is -2.14. The minimum absolute atomic E-state index is 0.544. The van der Waals surface area contributed by atoms with Crippen LogP contribution in [0.4, 0.5) is 0 Å². The monoisotopic (exact) mass is 251 g/mol. The maximum atomic E-state index is 5.27. The van der Waals surface area contributed by atoms with Crippen molar-refractivity contribution in [2.75, 3.05) is 20.8 Å². The third-order valence-corrected chi connectivity index (χ3v) is 3.02. The molecule has 0 amide bonds. The van der Waals surface area contributed by atoms with Gasteiger partial charge in [0.1, 0.15) is 11.5 Å². The van der Waals surface area contributed by atoms with Crippen LogP contribution in [-0.4, -0.2) is 26.8 Å². The van der Waals surface area contributed by atoms with Crippen LogP contribution in [0.2, 0.25) is 0 Å². The summed E-state index contributed by atoms with van der Waals surface area (Å²) in [6.45, 7) is 5.50. The normalized spacial score (nSPS) is 12.2. The molecule has 1 N–H and O–H groups in total. The lowest BCUT2D eigenvalue weighted by molar-refractivity contribution is 0.393. The number of aryl methyl sites for hydroxylation is 1. The second kappa shape index (κ2) is 7.98. The van der Waals surface area contributed by atoms with E-state index >= 15 is 0 Å². The Hall–Kier alpha value is -1.22. The molecule has 0 saturated carbocycles. The molecule has 3 nitrogen and oxygen atoms in total. The van der Waals surface area contributed by atoms with Gasteiger partial charge in [0.25, 0.3) is 0 Å². The molecule has 0 aromatic heterocycles. The molecule has 102 valence electrons. The fourth-order valence-corrected chi connectivity index (χ4v) is 1.89. The molecule has 1 rings (SSSR count). The van der Waals surface area contributed by atoms with Crippen LogP contribution in [0.5, 0.6) is 11.5 Å². The van der Waals surface area contributed by atoms with Crippen LogP contribution < -0.4 is 14.8 Å². The summed E-state index contributed by atoms with van der Waals surface area (Å²) in [5.74, 6) is 1.72. The molecular weight excluding hydrogens is 226 g/mol. The fraction of sp³-hybridized carbons (Fsp3) is 0.600. The molecule has 0 radical (unpaired) electrons. The van der Waals surface area contributed by atoms with E-state index in [4.69, 9.17) is 9.47 Å². The molecule has 0 heterocycles. The Balaban J connectivity index is 2.55. The van der Waals surface area contributed by atoms with Crippen molar-refractivity contribution in [3.8, 4) is 11.5 Å². The highest BCUT2D eigenvalue weighted by atomic mass is 16.5. The smallest absolute Gasteiger partial charge is 0.122 e. The highest BCUT2D eigenvalue weighted by Gasteiger charge is 2.05. The van der Waals surface area contributed by atoms with Gasteiger partial charge in [-0.2, -0.15) is 0 Å². The lowest BCUT2D eigenvalue weighted by atomic mass is 10.1. The first kappa shape index (κ1) is 14.8. The van der Waals surface area contributed by atoms with E-state index in [0.717, 1.165) is 30.9 Å². The Morgan fingerprint density at radius 1 is 1.11 bits per heavy atom. The van der Waals surface area contributed by atoms with Gasteiger partial charge in [0, 0.05) is 12.1 Å². The molecule has 0 aliphatic rings. The van der Waals surface area contributed by atoms with Crippen molar-refractivity contribution in [3.63, 3.8) is 0 Å². The summed E-state index contributed by atoms with van der Waals surface area (Å²) >= 11 is 0. The SMILES string of the molecule is CCCNC(C)CCc1cc(OC)cc(OC)c1. The third kappa shape index (κ3) is 4.96. The number of methoxy groups -OCH3 is 2. The van der Waals surface area contributed by atoms with Crippen molar-refractivity contribution in [1.82, 2.24) is 5.32 Å². The molecule has 1 aromatic carbocycles. The molecule has 1 unspecified atom stereocenters. The number of hydrogen-bond acceptors (Lipinski definition) is 3. The zero-order valence-corrected chi connectivity index (χ0v) is 12.0. The molecular formula is C15H25NO2. The highest BCUT2D eigenvalue weighted by Crippen LogP contribution is 2.23. The average molecular weight is 251 g/mol. The van der Waals surface area contributed by atoms with E-state index in [1.807, 2.05) is 6.07 Å². The Kier molecular flexibility index (Phi) is 6.58. The van der Waals surface area contributed by atoms with Crippen molar-refractivity contribution in [2.45, 2.75) is 39.2 Å². The van der Waals surface area contributed by atoms with Gasteiger partial charge in [-0.05, 0) is 50.4 Å². The number of ether oxygens (including phenoxy) is 2. The van der Waals surface area contributed by atoms with Crippen LogP contribution in [0, 0.1) is 0 Å². The molecule has 0 saturated heterocycles. The molecule has 0 spiro atoms. The van der Waals surface area contributed by atoms with Crippen LogP contribution in [0.15, 0.2) is 18.2 Å². The van der Waals surface area contributed by atoms with E-state index < -0.39 is 0 Å². The summed E-state index contributed by atoms with van der Waals surface area (Å²) < 4.78 is 10.5. The van der Waals surface area contributed by atoms with Gasteiger partial charge in [0.05, 0.1) is 14.2 Å². The Labute approximate surface area is 110 Å². The van der Waals surface area contributed by atoms with Crippen molar-refractivity contribution in [1.29, 1.82) is 0 Å². The Morgan fingerprint density at radius 2 is 1.72 bits per heavy atom. The van der Waals surface area contributed by atoms with Crippen molar-refractivity contribution in [2.24, 2.45) is 0 Å². The molecule has 1 aromatic rings. The van der Waals surface area contributed by atoms with Gasteiger partial charge < -0.3 is 14.8 Å². The van der Waals surface area contributed by atoms with E-state index in [1.165, 1.54) is 12.0 Å². The van der Waals surface area contributed by atoms with Gasteiger partial charge in [-0.1, -0.05) is 6.92 Å². The largest absolute Gasteiger partial charge is 0.497 e. The van der Waals surface area contributed by atoms with Gasteiger partial charge in [-0.15, -0.1) is 0 Å². The molecule has 3 heteroatoms. The molecule has 0 bridgehead atoms. The molecule has 1 atom stereocenters. The van der Waals surface area contributed by atoms with E-state index in [0.29, 0.717) is 6.04 Å². The molecule has 18 heavy (non-hydrogen) atoms. The molecule has 0 aliphatic heterocycles. The van der Waals surface area contributed by atoms with Crippen molar-refractivity contribution < 1.29 is 9.47 Å². The van der Waals surface area contributed by atoms with E-state index in [9.17, 15) is 0 Å². The second-order valence-corrected chi connectivity index (χ2v) is 4.61. The highest BCUT2D eigenvalue weighted by molar-refractivity contribution is 5.38. The van der Waals surface area contributed by atoms with E-state index in [1.54, 1.807) is 14.2 Å². The summed E-state index contributed by atoms with van der Waals surface area (Å²) in [6.07, 6.45) is 3.33. The van der Waals surface area contributed by atoms with Crippen molar-refractivity contribution >= 4 is 0 Å². The van der Waals surface area contributed by atoms with Crippen LogP contribution in [0.3, 0.4) is 0 Å². The van der Waals surface area contributed by atoms with Crippen LogP contribution >= 0.6 is 0 Å². The Bertz CT molecular complexity index is 330. The first-order chi connectivity index (χ1) is 8.69.